The number of nitrogens with zero attached hydrogens (tertiary/aromatic N) is 2. The molecule has 0 bridgehead atoms. The molecule has 0 radical (unpaired) electrons. The van der Waals surface area contributed by atoms with Crippen LogP contribution in [0.4, 0.5) is 34.1 Å². The highest BCUT2D eigenvalue weighted by Crippen LogP contribution is 2.50. The molecule has 0 heterocycles. The van der Waals surface area contributed by atoms with Crippen molar-refractivity contribution in [3.05, 3.63) is 229 Å². The van der Waals surface area contributed by atoms with Gasteiger partial charge >= 0.3 is 0 Å². The van der Waals surface area contributed by atoms with E-state index in [-0.39, 0.29) is 0 Å². The number of hydrogen-bond donors (Lipinski definition) is 0. The van der Waals surface area contributed by atoms with Gasteiger partial charge in [-0.3, -0.25) is 0 Å². The maximum atomic E-state index is 2.52. The smallest absolute Gasteiger partial charge is 0.0546 e. The molecule has 2 heteroatoms. The Morgan fingerprint density at radius 2 is 0.742 bits per heavy atom. The molecule has 0 amide bonds. The van der Waals surface area contributed by atoms with Crippen molar-refractivity contribution < 1.29 is 0 Å². The molecule has 10 aromatic carbocycles. The third-order valence-electron chi connectivity index (χ3n) is 14.0. The summed E-state index contributed by atoms with van der Waals surface area (Å²) < 4.78 is 0. The van der Waals surface area contributed by atoms with Gasteiger partial charge in [-0.1, -0.05) is 173 Å². The zero-order chi connectivity index (χ0) is 44.7. The van der Waals surface area contributed by atoms with Gasteiger partial charge in [-0.05, 0) is 164 Å². The van der Waals surface area contributed by atoms with Crippen LogP contribution in [0.3, 0.4) is 0 Å². The number of rotatable bonds is 10. The fourth-order valence-corrected chi connectivity index (χ4v) is 10.4. The maximum Gasteiger partial charge on any atom is 0.0546 e. The molecule has 0 atom stereocenters. The van der Waals surface area contributed by atoms with Crippen molar-refractivity contribution in [1.29, 1.82) is 0 Å². The summed E-state index contributed by atoms with van der Waals surface area (Å²) in [5.74, 6) is 0.890. The molecule has 66 heavy (non-hydrogen) atoms. The second-order valence-corrected chi connectivity index (χ2v) is 18.8. The first kappa shape index (κ1) is 41.3. The van der Waals surface area contributed by atoms with Crippen molar-refractivity contribution in [2.24, 2.45) is 0 Å². The second kappa shape index (κ2) is 17.5. The molecule has 0 saturated heterocycles. The molecule has 0 unspecified atom stereocenters. The minimum Gasteiger partial charge on any atom is -0.310 e. The lowest BCUT2D eigenvalue weighted by molar-refractivity contribution is 0.690. The Bertz CT molecular complexity index is 3310. The quantitative estimate of drug-likeness (QED) is 0.127. The van der Waals surface area contributed by atoms with Crippen LogP contribution >= 0.6 is 0 Å². The molecule has 0 aliphatic heterocycles. The SMILES string of the molecule is CC(C)c1ccc(N(c2ccc(-c3ccccc3)cc2)c2cc3c(cc(N(c4ccc(-c5ccccc5)cc4)c4ccc(C(C)C)cc4)c4ccc5c(c43)CCCC5)c3ccccc23)cc1. The average Bonchev–Trinajstić information content (AvgIpc) is 3.37. The van der Waals surface area contributed by atoms with Crippen molar-refractivity contribution in [2.45, 2.75) is 65.2 Å². The van der Waals surface area contributed by atoms with E-state index < -0.39 is 0 Å². The van der Waals surface area contributed by atoms with E-state index in [0.717, 1.165) is 35.6 Å². The van der Waals surface area contributed by atoms with Crippen molar-refractivity contribution in [1.82, 2.24) is 0 Å². The molecule has 0 saturated carbocycles. The Balaban J connectivity index is 1.18. The molecule has 322 valence electrons. The summed E-state index contributed by atoms with van der Waals surface area (Å²) in [6.07, 6.45) is 4.61. The molecular formula is C64H56N2. The minimum absolute atomic E-state index is 0.445. The van der Waals surface area contributed by atoms with E-state index in [2.05, 4.69) is 244 Å². The van der Waals surface area contributed by atoms with Gasteiger partial charge in [0.2, 0.25) is 0 Å². The summed E-state index contributed by atoms with van der Waals surface area (Å²) in [6.45, 7) is 9.09. The lowest BCUT2D eigenvalue weighted by atomic mass is 9.84. The molecular weight excluding hydrogens is 797 g/mol. The van der Waals surface area contributed by atoms with Crippen molar-refractivity contribution in [3.8, 4) is 22.3 Å². The van der Waals surface area contributed by atoms with Crippen molar-refractivity contribution in [2.75, 3.05) is 9.80 Å². The zero-order valence-electron chi connectivity index (χ0n) is 38.5. The number of hydrogen-bond acceptors (Lipinski definition) is 2. The molecule has 0 spiro atoms. The largest absolute Gasteiger partial charge is 0.310 e. The number of fused-ring (bicyclic) bond motifs is 7. The normalized spacial score (nSPS) is 12.6. The Labute approximate surface area is 390 Å². The highest BCUT2D eigenvalue weighted by Gasteiger charge is 2.25. The monoisotopic (exact) mass is 852 g/mol. The lowest BCUT2D eigenvalue weighted by Crippen LogP contribution is -2.13. The fourth-order valence-electron chi connectivity index (χ4n) is 10.4. The highest BCUT2D eigenvalue weighted by molar-refractivity contribution is 6.25. The van der Waals surface area contributed by atoms with Crippen LogP contribution in [0.2, 0.25) is 0 Å². The van der Waals surface area contributed by atoms with E-state index in [0.29, 0.717) is 11.8 Å². The van der Waals surface area contributed by atoms with Crippen molar-refractivity contribution in [3.63, 3.8) is 0 Å². The molecule has 0 N–H and O–H groups in total. The van der Waals surface area contributed by atoms with Gasteiger partial charge in [0.15, 0.2) is 0 Å². The molecule has 1 aliphatic rings. The van der Waals surface area contributed by atoms with Gasteiger partial charge in [0.05, 0.1) is 11.4 Å². The summed E-state index contributed by atoms with van der Waals surface area (Å²) in [5.41, 5.74) is 17.5. The Hall–Kier alpha value is -7.42. The summed E-state index contributed by atoms with van der Waals surface area (Å²) >= 11 is 0. The van der Waals surface area contributed by atoms with Crippen LogP contribution in [0, 0.1) is 0 Å². The van der Waals surface area contributed by atoms with Gasteiger partial charge in [-0.25, -0.2) is 0 Å². The van der Waals surface area contributed by atoms with Gasteiger partial charge in [-0.15, -0.1) is 0 Å². The minimum atomic E-state index is 0.445. The van der Waals surface area contributed by atoms with Gasteiger partial charge in [0.25, 0.3) is 0 Å². The number of benzene rings is 10. The molecule has 1 aliphatic carbocycles. The zero-order valence-corrected chi connectivity index (χ0v) is 38.5. The first-order valence-corrected chi connectivity index (χ1v) is 23.9. The van der Waals surface area contributed by atoms with E-state index in [1.165, 1.54) is 101 Å². The second-order valence-electron chi connectivity index (χ2n) is 18.8. The summed E-state index contributed by atoms with van der Waals surface area (Å²) in [4.78, 5) is 5.00. The molecule has 2 nitrogen and oxygen atoms in total. The first-order chi connectivity index (χ1) is 32.4. The highest BCUT2D eigenvalue weighted by atomic mass is 15.2. The predicted molar refractivity (Wildman–Crippen MR) is 284 cm³/mol. The molecule has 0 aromatic heterocycles. The lowest BCUT2D eigenvalue weighted by Gasteiger charge is -2.31. The summed E-state index contributed by atoms with van der Waals surface area (Å²) in [5, 5.41) is 7.71. The van der Waals surface area contributed by atoms with Crippen LogP contribution in [0.15, 0.2) is 206 Å². The average molecular weight is 853 g/mol. The molecule has 10 aromatic rings. The third-order valence-corrected chi connectivity index (χ3v) is 14.0. The van der Waals surface area contributed by atoms with Gasteiger partial charge in [0, 0.05) is 33.5 Å². The summed E-state index contributed by atoms with van der Waals surface area (Å²) in [6, 6.07) is 77.2. The fraction of sp³-hybridized carbons (Fsp3) is 0.156. The van der Waals surface area contributed by atoms with Crippen LogP contribution in [-0.2, 0) is 12.8 Å². The summed E-state index contributed by atoms with van der Waals surface area (Å²) in [7, 11) is 0. The van der Waals surface area contributed by atoms with Crippen LogP contribution in [0.1, 0.15) is 74.6 Å². The van der Waals surface area contributed by atoms with Gasteiger partial charge in [-0.2, -0.15) is 0 Å². The van der Waals surface area contributed by atoms with Gasteiger partial charge in [0.1, 0.15) is 0 Å². The predicted octanol–water partition coefficient (Wildman–Crippen LogP) is 18.5. The molecule has 11 rings (SSSR count). The van der Waals surface area contributed by atoms with E-state index >= 15 is 0 Å². The topological polar surface area (TPSA) is 6.48 Å². The van der Waals surface area contributed by atoms with E-state index in [1.807, 2.05) is 0 Å². The van der Waals surface area contributed by atoms with Crippen LogP contribution in [0.5, 0.6) is 0 Å². The van der Waals surface area contributed by atoms with E-state index in [1.54, 1.807) is 0 Å². The Kier molecular flexibility index (Phi) is 11.0. The maximum absolute atomic E-state index is 2.52. The van der Waals surface area contributed by atoms with E-state index in [9.17, 15) is 0 Å². The van der Waals surface area contributed by atoms with Gasteiger partial charge < -0.3 is 9.80 Å². The van der Waals surface area contributed by atoms with Crippen LogP contribution in [-0.4, -0.2) is 0 Å². The van der Waals surface area contributed by atoms with E-state index in [4.69, 9.17) is 0 Å². The number of anilines is 6. The third kappa shape index (κ3) is 7.61. The molecule has 0 fully saturated rings. The standard InChI is InChI=1S/C64H56N2/c1-43(2)45-23-32-52(33-24-45)65(54-36-27-49(28-37-54)47-15-7-5-8-16-47)62-42-61-60(57-21-13-14-22-58(57)62)41-63(59-40-31-51-19-11-12-20-56(51)64(59)61)66(53-34-25-46(26-35-53)44(3)4)55-38-29-50(30-39-55)48-17-9-6-10-18-48/h5-10,13-18,21-44H,11-12,19-20H2,1-4H3. The van der Waals surface area contributed by atoms with Crippen LogP contribution < -0.4 is 9.80 Å². The van der Waals surface area contributed by atoms with Crippen molar-refractivity contribution >= 4 is 66.4 Å². The Morgan fingerprint density at radius 3 is 1.24 bits per heavy atom. The Morgan fingerprint density at radius 1 is 0.333 bits per heavy atom. The van der Waals surface area contributed by atoms with Crippen LogP contribution in [0.25, 0.3) is 54.6 Å². The number of aryl methyl sites for hydroxylation is 2. The first-order valence-electron chi connectivity index (χ1n) is 23.9.